The minimum Gasteiger partial charge on any atom is -0.409 e. The molecule has 0 atom stereocenters. The van der Waals surface area contributed by atoms with Crippen molar-refractivity contribution in [2.45, 2.75) is 19.9 Å². The zero-order chi connectivity index (χ0) is 12.7. The quantitative estimate of drug-likeness (QED) is 0.338. The Hall–Kier alpha value is -2.11. The van der Waals surface area contributed by atoms with Gasteiger partial charge in [-0.3, -0.25) is 9.78 Å². The molecule has 0 aliphatic rings. The topological polar surface area (TPSA) is 91.8 Å². The smallest absolute Gasteiger partial charge is 0.230 e. The maximum absolute atomic E-state index is 11.8. The molecule has 3 N–H and O–H groups in total. The molecule has 6 heteroatoms. The van der Waals surface area contributed by atoms with Crippen LogP contribution in [0.25, 0.3) is 0 Å². The summed E-state index contributed by atoms with van der Waals surface area (Å²) >= 11 is 0. The SMILES string of the molecule is CCN(Cc1ccncc1)C(=O)C/C(N)=N/O. The first-order valence-electron chi connectivity index (χ1n) is 5.30. The third kappa shape index (κ3) is 4.10. The fourth-order valence-electron chi connectivity index (χ4n) is 1.39. The first kappa shape index (κ1) is 13.0. The highest BCUT2D eigenvalue weighted by Gasteiger charge is 2.13. The number of carbonyl (C=O) groups excluding carboxylic acids is 1. The van der Waals surface area contributed by atoms with Gasteiger partial charge in [0, 0.05) is 25.5 Å². The minimum absolute atomic E-state index is 0.0740. The number of aromatic nitrogens is 1. The van der Waals surface area contributed by atoms with Crippen molar-refractivity contribution in [3.63, 3.8) is 0 Å². The van der Waals surface area contributed by atoms with Crippen LogP contribution in [0.15, 0.2) is 29.7 Å². The third-order valence-electron chi connectivity index (χ3n) is 2.32. The molecule has 0 saturated heterocycles. The molecule has 17 heavy (non-hydrogen) atoms. The van der Waals surface area contributed by atoms with E-state index in [0.29, 0.717) is 13.1 Å². The zero-order valence-electron chi connectivity index (χ0n) is 9.71. The number of pyridine rings is 1. The molecule has 1 heterocycles. The largest absolute Gasteiger partial charge is 0.409 e. The number of nitrogens with two attached hydrogens (primary N) is 1. The predicted octanol–water partition coefficient (Wildman–Crippen LogP) is 0.567. The maximum atomic E-state index is 11.8. The lowest BCUT2D eigenvalue weighted by Gasteiger charge is -2.20. The Bertz CT molecular complexity index is 392. The molecule has 1 rings (SSSR count). The summed E-state index contributed by atoms with van der Waals surface area (Å²) in [5, 5.41) is 11.2. The summed E-state index contributed by atoms with van der Waals surface area (Å²) < 4.78 is 0. The van der Waals surface area contributed by atoms with Gasteiger partial charge in [0.15, 0.2) is 0 Å². The van der Waals surface area contributed by atoms with Gasteiger partial charge in [0.25, 0.3) is 0 Å². The van der Waals surface area contributed by atoms with Crippen LogP contribution in [0, 0.1) is 0 Å². The van der Waals surface area contributed by atoms with Crippen LogP contribution in [0.2, 0.25) is 0 Å². The van der Waals surface area contributed by atoms with Gasteiger partial charge < -0.3 is 15.8 Å². The first-order chi connectivity index (χ1) is 8.17. The number of amides is 1. The highest BCUT2D eigenvalue weighted by molar-refractivity contribution is 5.98. The van der Waals surface area contributed by atoms with Crippen LogP contribution in [0.4, 0.5) is 0 Å². The minimum atomic E-state index is -0.167. The number of carbonyl (C=O) groups is 1. The molecular formula is C11H16N4O2. The monoisotopic (exact) mass is 236 g/mol. The summed E-state index contributed by atoms with van der Waals surface area (Å²) in [6.45, 7) is 2.95. The van der Waals surface area contributed by atoms with Crippen LogP contribution in [0.3, 0.4) is 0 Å². The summed E-state index contributed by atoms with van der Waals surface area (Å²) in [5.74, 6) is -0.247. The van der Waals surface area contributed by atoms with E-state index in [9.17, 15) is 4.79 Å². The Labute approximate surface area is 99.7 Å². The van der Waals surface area contributed by atoms with Crippen molar-refractivity contribution in [2.24, 2.45) is 10.9 Å². The van der Waals surface area contributed by atoms with Crippen molar-refractivity contribution in [1.82, 2.24) is 9.88 Å². The molecule has 0 saturated carbocycles. The average Bonchev–Trinajstić information content (AvgIpc) is 2.36. The van der Waals surface area contributed by atoms with E-state index in [-0.39, 0.29) is 18.2 Å². The Morgan fingerprint density at radius 2 is 2.18 bits per heavy atom. The second-order valence-electron chi connectivity index (χ2n) is 3.53. The summed E-state index contributed by atoms with van der Waals surface area (Å²) in [6, 6.07) is 3.69. The first-order valence-corrected chi connectivity index (χ1v) is 5.30. The molecule has 0 aromatic carbocycles. The van der Waals surface area contributed by atoms with E-state index in [1.165, 1.54) is 0 Å². The van der Waals surface area contributed by atoms with Crippen LogP contribution >= 0.6 is 0 Å². The molecule has 92 valence electrons. The summed E-state index contributed by atoms with van der Waals surface area (Å²) in [6.07, 6.45) is 3.28. The van der Waals surface area contributed by atoms with Gasteiger partial charge in [-0.05, 0) is 24.6 Å². The standard InChI is InChI=1S/C11H16N4O2/c1-2-15(11(16)7-10(12)14-17)8-9-3-5-13-6-4-9/h3-6,17H,2,7-8H2,1H3,(H2,12,14). The van der Waals surface area contributed by atoms with Crippen molar-refractivity contribution in [3.05, 3.63) is 30.1 Å². The molecule has 6 nitrogen and oxygen atoms in total. The fraction of sp³-hybridized carbons (Fsp3) is 0.364. The molecule has 0 aliphatic carbocycles. The lowest BCUT2D eigenvalue weighted by atomic mass is 10.2. The van der Waals surface area contributed by atoms with Gasteiger partial charge in [0.05, 0.1) is 6.42 Å². The van der Waals surface area contributed by atoms with Crippen molar-refractivity contribution < 1.29 is 10.0 Å². The average molecular weight is 236 g/mol. The number of rotatable bonds is 5. The zero-order valence-corrected chi connectivity index (χ0v) is 9.71. The number of hydrogen-bond donors (Lipinski definition) is 2. The highest BCUT2D eigenvalue weighted by Crippen LogP contribution is 2.04. The molecule has 1 aromatic heterocycles. The van der Waals surface area contributed by atoms with Gasteiger partial charge in [-0.2, -0.15) is 0 Å². The van der Waals surface area contributed by atoms with Gasteiger partial charge in [0.2, 0.25) is 5.91 Å². The van der Waals surface area contributed by atoms with Crippen molar-refractivity contribution >= 4 is 11.7 Å². The summed E-state index contributed by atoms with van der Waals surface area (Å²) in [4.78, 5) is 17.3. The highest BCUT2D eigenvalue weighted by atomic mass is 16.4. The van der Waals surface area contributed by atoms with E-state index in [1.807, 2.05) is 19.1 Å². The Balaban J connectivity index is 2.63. The van der Waals surface area contributed by atoms with Crippen LogP contribution in [-0.4, -0.2) is 33.4 Å². The molecule has 0 fully saturated rings. The molecule has 0 radical (unpaired) electrons. The van der Waals surface area contributed by atoms with Gasteiger partial charge >= 0.3 is 0 Å². The molecule has 1 aromatic rings. The van der Waals surface area contributed by atoms with E-state index >= 15 is 0 Å². The predicted molar refractivity (Wildman–Crippen MR) is 63.4 cm³/mol. The second-order valence-corrected chi connectivity index (χ2v) is 3.53. The van der Waals surface area contributed by atoms with Gasteiger partial charge in [0.1, 0.15) is 5.84 Å². The van der Waals surface area contributed by atoms with Crippen molar-refractivity contribution in [1.29, 1.82) is 0 Å². The molecule has 0 aliphatic heterocycles. The summed E-state index contributed by atoms with van der Waals surface area (Å²) in [7, 11) is 0. The van der Waals surface area contributed by atoms with Crippen LogP contribution in [0.1, 0.15) is 18.9 Å². The van der Waals surface area contributed by atoms with Crippen molar-refractivity contribution in [2.75, 3.05) is 6.54 Å². The van der Waals surface area contributed by atoms with E-state index in [2.05, 4.69) is 10.1 Å². The number of hydrogen-bond acceptors (Lipinski definition) is 4. The molecule has 0 bridgehead atoms. The van der Waals surface area contributed by atoms with E-state index in [1.54, 1.807) is 17.3 Å². The molecule has 1 amide bonds. The number of nitrogens with zero attached hydrogens (tertiary/aromatic N) is 3. The van der Waals surface area contributed by atoms with E-state index in [4.69, 9.17) is 10.9 Å². The van der Waals surface area contributed by atoms with Crippen LogP contribution in [0.5, 0.6) is 0 Å². The second kappa shape index (κ2) is 6.47. The third-order valence-corrected chi connectivity index (χ3v) is 2.32. The molecular weight excluding hydrogens is 220 g/mol. The van der Waals surface area contributed by atoms with Gasteiger partial charge in [-0.1, -0.05) is 5.16 Å². The van der Waals surface area contributed by atoms with Gasteiger partial charge in [-0.25, -0.2) is 0 Å². The van der Waals surface area contributed by atoms with E-state index in [0.717, 1.165) is 5.56 Å². The lowest BCUT2D eigenvalue weighted by molar-refractivity contribution is -0.130. The van der Waals surface area contributed by atoms with Crippen LogP contribution in [-0.2, 0) is 11.3 Å². The Morgan fingerprint density at radius 1 is 1.53 bits per heavy atom. The van der Waals surface area contributed by atoms with Crippen LogP contribution < -0.4 is 5.73 Å². The number of oxime groups is 1. The lowest BCUT2D eigenvalue weighted by Crippen LogP contribution is -2.33. The number of amidine groups is 1. The van der Waals surface area contributed by atoms with E-state index < -0.39 is 0 Å². The Kier molecular flexibility index (Phi) is 4.93. The molecule has 0 unspecified atom stereocenters. The van der Waals surface area contributed by atoms with Gasteiger partial charge in [-0.15, -0.1) is 0 Å². The Morgan fingerprint density at radius 3 is 2.71 bits per heavy atom. The fourth-order valence-corrected chi connectivity index (χ4v) is 1.39. The normalized spacial score (nSPS) is 11.2. The van der Waals surface area contributed by atoms with Crippen molar-refractivity contribution in [3.8, 4) is 0 Å². The summed E-state index contributed by atoms with van der Waals surface area (Å²) in [5.41, 5.74) is 6.30. The maximum Gasteiger partial charge on any atom is 0.230 e. The molecule has 0 spiro atoms.